The molecule has 0 spiro atoms. The minimum atomic E-state index is -3.56. The molecule has 1 saturated heterocycles. The largest absolute Gasteiger partial charge is 0.465 e. The van der Waals surface area contributed by atoms with Crippen LogP contribution < -0.4 is 4.72 Å². The number of rotatable bonds is 4. The molecule has 0 aromatic heterocycles. The van der Waals surface area contributed by atoms with Crippen LogP contribution in [0.5, 0.6) is 0 Å². The summed E-state index contributed by atoms with van der Waals surface area (Å²) in [5.74, 6) is 0. The van der Waals surface area contributed by atoms with Gasteiger partial charge in [-0.3, -0.25) is 0 Å². The van der Waals surface area contributed by atoms with Crippen LogP contribution in [0, 0.1) is 5.41 Å². The van der Waals surface area contributed by atoms with Gasteiger partial charge in [-0.1, -0.05) is 50.0 Å². The van der Waals surface area contributed by atoms with Gasteiger partial charge in [-0.25, -0.2) is 17.9 Å². The summed E-state index contributed by atoms with van der Waals surface area (Å²) in [6.07, 6.45) is 0.447. The Balaban J connectivity index is 2.76. The highest BCUT2D eigenvalue weighted by Crippen LogP contribution is 2.44. The van der Waals surface area contributed by atoms with E-state index in [1.807, 2.05) is 20.8 Å². The van der Waals surface area contributed by atoms with Crippen molar-refractivity contribution in [2.75, 3.05) is 26.0 Å². The lowest BCUT2D eigenvalue weighted by atomic mass is 9.72. The van der Waals surface area contributed by atoms with Crippen LogP contribution in [0.2, 0.25) is 10.0 Å². The van der Waals surface area contributed by atoms with E-state index in [9.17, 15) is 18.3 Å². The van der Waals surface area contributed by atoms with Crippen molar-refractivity contribution in [3.05, 3.63) is 33.8 Å². The molecule has 0 aliphatic carbocycles. The van der Waals surface area contributed by atoms with Crippen LogP contribution in [0.4, 0.5) is 4.79 Å². The zero-order valence-electron chi connectivity index (χ0n) is 16.3. The third-order valence-corrected chi connectivity index (χ3v) is 6.14. The van der Waals surface area contributed by atoms with Crippen LogP contribution in [0.1, 0.15) is 32.8 Å². The van der Waals surface area contributed by atoms with E-state index in [4.69, 9.17) is 27.9 Å². The molecule has 28 heavy (non-hydrogen) atoms. The molecule has 158 valence electrons. The van der Waals surface area contributed by atoms with Crippen molar-refractivity contribution in [1.82, 2.24) is 9.62 Å². The predicted octanol–water partition coefficient (Wildman–Crippen LogP) is 3.55. The molecule has 1 aromatic rings. The van der Waals surface area contributed by atoms with Crippen molar-refractivity contribution in [2.24, 2.45) is 5.41 Å². The lowest BCUT2D eigenvalue weighted by Crippen LogP contribution is -2.62. The number of hydrogen-bond donors (Lipinski definition) is 2. The van der Waals surface area contributed by atoms with E-state index in [2.05, 4.69) is 4.72 Å². The molecule has 0 saturated carbocycles. The fraction of sp³-hybridized carbons (Fsp3) is 0.611. The Morgan fingerprint density at radius 3 is 2.50 bits per heavy atom. The maximum Gasteiger partial charge on any atom is 0.407 e. The summed E-state index contributed by atoms with van der Waals surface area (Å²) in [6, 6.07) is 4.22. The third kappa shape index (κ3) is 5.10. The highest BCUT2D eigenvalue weighted by molar-refractivity contribution is 7.88. The smallest absolute Gasteiger partial charge is 0.407 e. The molecule has 7 nitrogen and oxygen atoms in total. The maximum absolute atomic E-state index is 12.1. The highest BCUT2D eigenvalue weighted by Gasteiger charge is 2.53. The van der Waals surface area contributed by atoms with E-state index < -0.39 is 33.2 Å². The van der Waals surface area contributed by atoms with Crippen LogP contribution in [0.3, 0.4) is 0 Å². The van der Waals surface area contributed by atoms with E-state index in [1.54, 1.807) is 18.2 Å². The summed E-state index contributed by atoms with van der Waals surface area (Å²) in [5.41, 5.74) is -1.30. The molecule has 1 aliphatic rings. The Morgan fingerprint density at radius 1 is 1.36 bits per heavy atom. The summed E-state index contributed by atoms with van der Waals surface area (Å²) in [6.45, 7) is 6.09. The average molecular weight is 453 g/mol. The molecule has 2 rings (SSSR count). The lowest BCUT2D eigenvalue weighted by Gasteiger charge is -2.49. The predicted molar refractivity (Wildman–Crippen MR) is 110 cm³/mol. The Bertz CT molecular complexity index is 841. The zero-order valence-corrected chi connectivity index (χ0v) is 18.7. The first kappa shape index (κ1) is 23.2. The number of nitrogens with one attached hydrogen (secondary N) is 1. The minimum Gasteiger partial charge on any atom is -0.465 e. The quantitative estimate of drug-likeness (QED) is 0.727. The van der Waals surface area contributed by atoms with E-state index in [1.165, 1.54) is 4.90 Å². The van der Waals surface area contributed by atoms with Crippen molar-refractivity contribution in [3.63, 3.8) is 0 Å². The molecular formula is C18H26Cl2N2O5S. The van der Waals surface area contributed by atoms with Crippen LogP contribution in [-0.4, -0.2) is 56.5 Å². The molecule has 1 amide bonds. The first-order valence-electron chi connectivity index (χ1n) is 8.81. The van der Waals surface area contributed by atoms with Gasteiger partial charge in [0.05, 0.1) is 22.3 Å². The van der Waals surface area contributed by atoms with E-state index in [0.29, 0.717) is 17.0 Å². The number of benzene rings is 1. The average Bonchev–Trinajstić information content (AvgIpc) is 2.75. The Kier molecular flexibility index (Phi) is 6.93. The van der Waals surface area contributed by atoms with E-state index in [0.717, 1.165) is 6.26 Å². The number of amides is 1. The molecular weight excluding hydrogens is 427 g/mol. The van der Waals surface area contributed by atoms with Gasteiger partial charge in [-0.2, -0.15) is 0 Å². The lowest BCUT2D eigenvalue weighted by molar-refractivity contribution is -0.109. The minimum absolute atomic E-state index is 0.143. The summed E-state index contributed by atoms with van der Waals surface area (Å²) < 4.78 is 32.5. The van der Waals surface area contributed by atoms with E-state index >= 15 is 0 Å². The first-order chi connectivity index (χ1) is 12.8. The standard InChI is InChI=1S/C18H26Cl2N2O5S/c1-17(2,3)15-18(11-21-28(4,25)26,12-6-7-13(19)14(20)10-12)27-9-5-8-22(15)16(23)24/h6-7,10,15,21H,5,8-9,11H2,1-4H3,(H,23,24). The van der Waals surface area contributed by atoms with Gasteiger partial charge in [0, 0.05) is 19.7 Å². The summed E-state index contributed by atoms with van der Waals surface area (Å²) in [7, 11) is -3.56. The maximum atomic E-state index is 12.1. The second-order valence-corrected chi connectivity index (χ2v) is 10.7. The summed E-state index contributed by atoms with van der Waals surface area (Å²) >= 11 is 12.3. The van der Waals surface area contributed by atoms with Crippen molar-refractivity contribution in [2.45, 2.75) is 38.8 Å². The van der Waals surface area contributed by atoms with Gasteiger partial charge < -0.3 is 14.7 Å². The van der Waals surface area contributed by atoms with Gasteiger partial charge >= 0.3 is 6.09 Å². The van der Waals surface area contributed by atoms with Crippen molar-refractivity contribution < 1.29 is 23.1 Å². The summed E-state index contributed by atoms with van der Waals surface area (Å²) in [4.78, 5) is 13.4. The van der Waals surface area contributed by atoms with Crippen molar-refractivity contribution >= 4 is 39.3 Å². The van der Waals surface area contributed by atoms with Gasteiger partial charge in [0.15, 0.2) is 0 Å². The second-order valence-electron chi connectivity index (χ2n) is 8.06. The second kappa shape index (κ2) is 8.36. The fourth-order valence-electron chi connectivity index (χ4n) is 3.81. The van der Waals surface area contributed by atoms with Gasteiger partial charge in [-0.15, -0.1) is 0 Å². The Hall–Kier alpha value is -1.06. The molecule has 1 aliphatic heterocycles. The highest BCUT2D eigenvalue weighted by atomic mass is 35.5. The molecule has 0 radical (unpaired) electrons. The number of carboxylic acid groups (broad SMARTS) is 1. The number of ether oxygens (including phenoxy) is 1. The zero-order chi connectivity index (χ0) is 21.3. The van der Waals surface area contributed by atoms with Crippen LogP contribution in [0.15, 0.2) is 18.2 Å². The van der Waals surface area contributed by atoms with Crippen LogP contribution in [-0.2, 0) is 20.4 Å². The number of carbonyl (C=O) groups is 1. The first-order valence-corrected chi connectivity index (χ1v) is 11.5. The number of hydrogen-bond acceptors (Lipinski definition) is 4. The molecule has 2 unspecified atom stereocenters. The number of halogens is 2. The monoisotopic (exact) mass is 452 g/mol. The molecule has 0 bridgehead atoms. The third-order valence-electron chi connectivity index (χ3n) is 4.73. The Labute approximate surface area is 176 Å². The summed E-state index contributed by atoms with van der Waals surface area (Å²) in [5, 5.41) is 10.5. The van der Waals surface area contributed by atoms with Gasteiger partial charge in [0.1, 0.15) is 5.60 Å². The molecule has 1 heterocycles. The fourth-order valence-corrected chi connectivity index (χ4v) is 4.59. The molecule has 2 N–H and O–H groups in total. The molecule has 1 fully saturated rings. The molecule has 2 atom stereocenters. The van der Waals surface area contributed by atoms with Crippen LogP contribution in [0.25, 0.3) is 0 Å². The van der Waals surface area contributed by atoms with Crippen molar-refractivity contribution in [3.8, 4) is 0 Å². The Morgan fingerprint density at radius 2 is 2.00 bits per heavy atom. The van der Waals surface area contributed by atoms with Crippen LogP contribution >= 0.6 is 23.2 Å². The van der Waals surface area contributed by atoms with Gasteiger partial charge in [0.25, 0.3) is 0 Å². The number of sulfonamides is 1. The normalized spacial score (nSPS) is 24.1. The number of nitrogens with zero attached hydrogens (tertiary/aromatic N) is 1. The van der Waals surface area contributed by atoms with E-state index in [-0.39, 0.29) is 24.7 Å². The molecule has 1 aromatic carbocycles. The van der Waals surface area contributed by atoms with Gasteiger partial charge in [-0.05, 0) is 29.5 Å². The van der Waals surface area contributed by atoms with Gasteiger partial charge in [0.2, 0.25) is 10.0 Å². The van der Waals surface area contributed by atoms with Crippen molar-refractivity contribution in [1.29, 1.82) is 0 Å². The molecule has 10 heteroatoms. The SMILES string of the molecule is CC(C)(C)C1N(C(=O)O)CCCOC1(CNS(C)(=O)=O)c1ccc(Cl)c(Cl)c1. The topological polar surface area (TPSA) is 95.9 Å².